The number of methoxy groups -OCH3 is 4. The lowest BCUT2D eigenvalue weighted by Crippen LogP contribution is -2.00. The topological polar surface area (TPSA) is 71.3 Å². The van der Waals surface area contributed by atoms with Crippen LogP contribution in [-0.4, -0.2) is 43.6 Å². The zero-order valence-electron chi connectivity index (χ0n) is 18.1. The minimum Gasteiger partial charge on any atom is -0.497 e. The quantitative estimate of drug-likeness (QED) is 0.278. The number of imidazole rings is 1. The summed E-state index contributed by atoms with van der Waals surface area (Å²) < 4.78 is 23.3. The number of aromatic nitrogens is 2. The lowest BCUT2D eigenvalue weighted by molar-refractivity contribution is 0.104. The third kappa shape index (κ3) is 3.92. The summed E-state index contributed by atoms with van der Waals surface area (Å²) in [5, 5.41) is 1.96. The fraction of sp³-hybridized carbons (Fsp3) is 0.167. The third-order valence-corrected chi connectivity index (χ3v) is 5.76. The van der Waals surface area contributed by atoms with Gasteiger partial charge in [-0.25, -0.2) is 4.98 Å². The molecule has 0 aliphatic rings. The van der Waals surface area contributed by atoms with Crippen molar-refractivity contribution in [3.8, 4) is 34.3 Å². The molecule has 0 spiro atoms. The van der Waals surface area contributed by atoms with Crippen LogP contribution in [0.15, 0.2) is 54.1 Å². The molecule has 0 unspecified atom stereocenters. The van der Waals surface area contributed by atoms with E-state index >= 15 is 0 Å². The summed E-state index contributed by atoms with van der Waals surface area (Å²) >= 11 is 1.53. The summed E-state index contributed by atoms with van der Waals surface area (Å²) in [6, 6.07) is 10.9. The lowest BCUT2D eigenvalue weighted by atomic mass is 10.1. The first-order valence-electron chi connectivity index (χ1n) is 9.72. The van der Waals surface area contributed by atoms with E-state index in [1.807, 2.05) is 40.2 Å². The maximum atomic E-state index is 13.0. The van der Waals surface area contributed by atoms with Crippen LogP contribution in [0.4, 0.5) is 0 Å². The minimum absolute atomic E-state index is 0.199. The summed E-state index contributed by atoms with van der Waals surface area (Å²) in [6.45, 7) is 0. The maximum absolute atomic E-state index is 13.0. The molecule has 2 aromatic heterocycles. The first kappa shape index (κ1) is 21.5. The van der Waals surface area contributed by atoms with Crippen molar-refractivity contribution in [1.82, 2.24) is 9.38 Å². The highest BCUT2D eigenvalue weighted by molar-refractivity contribution is 7.15. The zero-order chi connectivity index (χ0) is 22.7. The molecule has 0 bridgehead atoms. The van der Waals surface area contributed by atoms with Crippen LogP contribution in [0.2, 0.25) is 0 Å². The maximum Gasteiger partial charge on any atom is 0.203 e. The molecule has 8 heteroatoms. The summed E-state index contributed by atoms with van der Waals surface area (Å²) in [4.78, 5) is 18.6. The van der Waals surface area contributed by atoms with Gasteiger partial charge in [-0.15, -0.1) is 11.3 Å². The Balaban J connectivity index is 1.72. The normalized spacial score (nSPS) is 11.1. The molecule has 0 amide bonds. The average Bonchev–Trinajstić information content (AvgIpc) is 3.43. The van der Waals surface area contributed by atoms with E-state index < -0.39 is 0 Å². The van der Waals surface area contributed by atoms with Crippen LogP contribution in [0.5, 0.6) is 23.0 Å². The number of benzene rings is 2. The highest BCUT2D eigenvalue weighted by Crippen LogP contribution is 2.38. The smallest absolute Gasteiger partial charge is 0.203 e. The predicted molar refractivity (Wildman–Crippen MR) is 125 cm³/mol. The number of rotatable bonds is 8. The highest BCUT2D eigenvalue weighted by atomic mass is 32.1. The average molecular weight is 451 g/mol. The van der Waals surface area contributed by atoms with Crippen LogP contribution in [0.3, 0.4) is 0 Å². The lowest BCUT2D eigenvalue weighted by Gasteiger charge is -2.13. The van der Waals surface area contributed by atoms with Crippen molar-refractivity contribution < 1.29 is 23.7 Å². The molecule has 0 atom stereocenters. The fourth-order valence-electron chi connectivity index (χ4n) is 3.40. The molecule has 0 saturated heterocycles. The molecule has 164 valence electrons. The van der Waals surface area contributed by atoms with E-state index in [-0.39, 0.29) is 5.78 Å². The van der Waals surface area contributed by atoms with E-state index in [1.165, 1.54) is 38.7 Å². The van der Waals surface area contributed by atoms with Gasteiger partial charge in [-0.05, 0) is 48.6 Å². The van der Waals surface area contributed by atoms with Gasteiger partial charge in [-0.3, -0.25) is 9.20 Å². The van der Waals surface area contributed by atoms with Gasteiger partial charge >= 0.3 is 0 Å². The van der Waals surface area contributed by atoms with Crippen LogP contribution in [0, 0.1) is 0 Å². The third-order valence-electron chi connectivity index (χ3n) is 5.00. The molecule has 0 aliphatic heterocycles. The van der Waals surface area contributed by atoms with Gasteiger partial charge in [0.1, 0.15) is 5.75 Å². The molecule has 0 radical (unpaired) electrons. The monoisotopic (exact) mass is 450 g/mol. The molecule has 0 fully saturated rings. The Bertz CT molecular complexity index is 1260. The zero-order valence-corrected chi connectivity index (χ0v) is 18.9. The van der Waals surface area contributed by atoms with Crippen LogP contribution in [0.1, 0.15) is 16.1 Å². The second-order valence-electron chi connectivity index (χ2n) is 6.74. The second kappa shape index (κ2) is 9.15. The molecule has 0 N–H and O–H groups in total. The van der Waals surface area contributed by atoms with Gasteiger partial charge in [-0.2, -0.15) is 0 Å². The molecule has 32 heavy (non-hydrogen) atoms. The number of carbonyl (C=O) groups excluding carboxylic acids is 1. The fourth-order valence-corrected chi connectivity index (χ4v) is 4.12. The molecule has 4 rings (SSSR count). The molecule has 0 aliphatic carbocycles. The number of carbonyl (C=O) groups is 1. The van der Waals surface area contributed by atoms with Gasteiger partial charge in [0.15, 0.2) is 22.2 Å². The minimum atomic E-state index is -0.199. The number of hydrogen-bond donors (Lipinski definition) is 0. The molecule has 4 aromatic rings. The second-order valence-corrected chi connectivity index (χ2v) is 7.61. The van der Waals surface area contributed by atoms with E-state index in [0.717, 1.165) is 27.7 Å². The summed E-state index contributed by atoms with van der Waals surface area (Å²) in [5.41, 5.74) is 2.95. The van der Waals surface area contributed by atoms with Crippen molar-refractivity contribution in [3.05, 3.63) is 65.3 Å². The van der Waals surface area contributed by atoms with E-state index in [9.17, 15) is 4.79 Å². The molecule has 2 heterocycles. The molecule has 0 saturated carbocycles. The van der Waals surface area contributed by atoms with Gasteiger partial charge in [0.2, 0.25) is 5.75 Å². The standard InChI is InChI=1S/C24H22N2O5S/c1-28-17-7-5-15(6-8-17)22-18(26-11-12-32-24(26)25-22)9-10-19(27)16-13-20(29-2)23(31-4)21(14-16)30-3/h5-14H,1-4H3/b10-9+. The Morgan fingerprint density at radius 2 is 1.66 bits per heavy atom. The number of ketones is 1. The van der Waals surface area contributed by atoms with Gasteiger partial charge in [0.25, 0.3) is 0 Å². The van der Waals surface area contributed by atoms with Crippen LogP contribution < -0.4 is 18.9 Å². The van der Waals surface area contributed by atoms with Gasteiger partial charge < -0.3 is 18.9 Å². The largest absolute Gasteiger partial charge is 0.497 e. The first-order valence-corrected chi connectivity index (χ1v) is 10.6. The Kier molecular flexibility index (Phi) is 6.13. The van der Waals surface area contributed by atoms with Crippen molar-refractivity contribution in [2.45, 2.75) is 0 Å². The number of nitrogens with zero attached hydrogens (tertiary/aromatic N) is 2. The number of hydrogen-bond acceptors (Lipinski definition) is 7. The van der Waals surface area contributed by atoms with Crippen LogP contribution in [0.25, 0.3) is 22.3 Å². The first-order chi connectivity index (χ1) is 15.6. The van der Waals surface area contributed by atoms with Gasteiger partial charge in [0, 0.05) is 22.7 Å². The number of ether oxygens (including phenoxy) is 4. The van der Waals surface area contributed by atoms with Crippen LogP contribution in [-0.2, 0) is 0 Å². The van der Waals surface area contributed by atoms with Crippen LogP contribution >= 0.6 is 11.3 Å². The number of allylic oxidation sites excluding steroid dienone is 1. The Hall–Kier alpha value is -3.78. The van der Waals surface area contributed by atoms with E-state index in [0.29, 0.717) is 22.8 Å². The molecular weight excluding hydrogens is 428 g/mol. The van der Waals surface area contributed by atoms with Gasteiger partial charge in [0.05, 0.1) is 39.8 Å². The van der Waals surface area contributed by atoms with Crippen molar-refractivity contribution in [2.75, 3.05) is 28.4 Å². The Morgan fingerprint density at radius 1 is 0.969 bits per heavy atom. The van der Waals surface area contributed by atoms with Crippen molar-refractivity contribution >= 4 is 28.2 Å². The highest BCUT2D eigenvalue weighted by Gasteiger charge is 2.17. The summed E-state index contributed by atoms with van der Waals surface area (Å²) in [6.07, 6.45) is 5.23. The molecule has 7 nitrogen and oxygen atoms in total. The SMILES string of the molecule is COc1ccc(-c2nc3sccn3c2/C=C/C(=O)c2cc(OC)c(OC)c(OC)c2)cc1. The predicted octanol–water partition coefficient (Wildman–Crippen LogP) is 4.99. The van der Waals surface area contributed by atoms with Crippen molar-refractivity contribution in [2.24, 2.45) is 0 Å². The van der Waals surface area contributed by atoms with E-state index in [1.54, 1.807) is 25.3 Å². The van der Waals surface area contributed by atoms with Gasteiger partial charge in [-0.1, -0.05) is 0 Å². The summed E-state index contributed by atoms with van der Waals surface area (Å²) in [5.74, 6) is 1.85. The van der Waals surface area contributed by atoms with Crippen molar-refractivity contribution in [1.29, 1.82) is 0 Å². The van der Waals surface area contributed by atoms with E-state index in [2.05, 4.69) is 0 Å². The Morgan fingerprint density at radius 3 is 2.25 bits per heavy atom. The molecule has 2 aromatic carbocycles. The summed E-state index contributed by atoms with van der Waals surface area (Å²) in [7, 11) is 6.18. The number of fused-ring (bicyclic) bond motifs is 1. The Labute approximate surface area is 189 Å². The number of thiazole rings is 1. The van der Waals surface area contributed by atoms with Crippen molar-refractivity contribution in [3.63, 3.8) is 0 Å². The van der Waals surface area contributed by atoms with E-state index in [4.69, 9.17) is 23.9 Å². The molecular formula is C24H22N2O5S.